The van der Waals surface area contributed by atoms with Crippen LogP contribution in [0.25, 0.3) is 0 Å². The van der Waals surface area contributed by atoms with E-state index in [-0.39, 0.29) is 5.54 Å². The number of morpholine rings is 1. The maximum absolute atomic E-state index is 6.31. The minimum Gasteiger partial charge on any atom is -0.373 e. The van der Waals surface area contributed by atoms with Crippen molar-refractivity contribution < 1.29 is 4.74 Å². The number of hydrogen-bond acceptors (Lipinski definition) is 3. The summed E-state index contributed by atoms with van der Waals surface area (Å²) in [6.07, 6.45) is 5.99. The van der Waals surface area contributed by atoms with Crippen LogP contribution in [0.3, 0.4) is 0 Å². The first-order chi connectivity index (χ1) is 8.99. The van der Waals surface area contributed by atoms with Crippen LogP contribution in [0.1, 0.15) is 53.4 Å². The number of nitrogens with zero attached hydrogens (tertiary/aromatic N) is 1. The van der Waals surface area contributed by atoms with Gasteiger partial charge in [0.2, 0.25) is 0 Å². The molecule has 0 aromatic carbocycles. The molecule has 112 valence electrons. The molecule has 0 aromatic rings. The molecular weight excluding hydrogens is 236 g/mol. The fraction of sp³-hybridized carbons (Fsp3) is 1.00. The van der Waals surface area contributed by atoms with Gasteiger partial charge in [-0.3, -0.25) is 4.90 Å². The van der Waals surface area contributed by atoms with Gasteiger partial charge in [-0.15, -0.1) is 0 Å². The second-order valence-corrected chi connectivity index (χ2v) is 7.07. The number of ether oxygens (including phenoxy) is 1. The van der Waals surface area contributed by atoms with E-state index in [9.17, 15) is 0 Å². The second kappa shape index (κ2) is 6.11. The van der Waals surface area contributed by atoms with Crippen molar-refractivity contribution in [3.63, 3.8) is 0 Å². The molecule has 1 heterocycles. The molecule has 1 aliphatic heterocycles. The molecule has 0 bridgehead atoms. The Morgan fingerprint density at radius 1 is 1.21 bits per heavy atom. The average molecular weight is 268 g/mol. The lowest BCUT2D eigenvalue weighted by Crippen LogP contribution is -2.65. The summed E-state index contributed by atoms with van der Waals surface area (Å²) >= 11 is 0. The molecule has 19 heavy (non-hydrogen) atoms. The smallest absolute Gasteiger partial charge is 0.0678 e. The van der Waals surface area contributed by atoms with Crippen molar-refractivity contribution in [2.75, 3.05) is 19.6 Å². The Balaban J connectivity index is 2.23. The Kier molecular flexibility index (Phi) is 4.91. The molecule has 0 aromatic heterocycles. The summed E-state index contributed by atoms with van der Waals surface area (Å²) in [5, 5.41) is 0. The summed E-state index contributed by atoms with van der Waals surface area (Å²) in [6.45, 7) is 12.0. The van der Waals surface area contributed by atoms with Gasteiger partial charge in [0.1, 0.15) is 0 Å². The van der Waals surface area contributed by atoms with Gasteiger partial charge in [-0.05, 0) is 38.5 Å². The molecule has 2 fully saturated rings. The fourth-order valence-electron chi connectivity index (χ4n) is 4.52. The van der Waals surface area contributed by atoms with Gasteiger partial charge in [-0.2, -0.15) is 0 Å². The highest BCUT2D eigenvalue weighted by molar-refractivity contribution is 5.02. The predicted octanol–water partition coefficient (Wildman–Crippen LogP) is 2.64. The first-order valence-corrected chi connectivity index (χ1v) is 8.10. The van der Waals surface area contributed by atoms with Crippen LogP contribution in [0, 0.1) is 11.8 Å². The molecule has 3 heteroatoms. The van der Waals surface area contributed by atoms with Crippen molar-refractivity contribution in [2.45, 2.75) is 71.1 Å². The topological polar surface area (TPSA) is 38.5 Å². The normalized spacial score (nSPS) is 41.7. The summed E-state index contributed by atoms with van der Waals surface area (Å²) in [6, 6.07) is 0. The minimum atomic E-state index is 0.221. The van der Waals surface area contributed by atoms with Gasteiger partial charge in [0, 0.05) is 25.2 Å². The SMILES string of the molecule is CC(C)C1CCCCC1(CN)N1C[C@@H](C)O[C@@H](C)C1. The van der Waals surface area contributed by atoms with E-state index in [0.29, 0.717) is 12.2 Å². The summed E-state index contributed by atoms with van der Waals surface area (Å²) in [4.78, 5) is 2.68. The number of hydrogen-bond donors (Lipinski definition) is 1. The third kappa shape index (κ3) is 2.98. The maximum Gasteiger partial charge on any atom is 0.0678 e. The number of nitrogens with two attached hydrogens (primary N) is 1. The Morgan fingerprint density at radius 2 is 1.84 bits per heavy atom. The quantitative estimate of drug-likeness (QED) is 0.855. The average Bonchev–Trinajstić information content (AvgIpc) is 2.37. The summed E-state index contributed by atoms with van der Waals surface area (Å²) in [5.41, 5.74) is 6.53. The maximum atomic E-state index is 6.31. The van der Waals surface area contributed by atoms with Crippen LogP contribution in [0.2, 0.25) is 0 Å². The van der Waals surface area contributed by atoms with E-state index < -0.39 is 0 Å². The van der Waals surface area contributed by atoms with E-state index in [2.05, 4.69) is 32.6 Å². The summed E-state index contributed by atoms with van der Waals surface area (Å²) in [5.74, 6) is 1.46. The highest BCUT2D eigenvalue weighted by Crippen LogP contribution is 2.42. The van der Waals surface area contributed by atoms with Crippen molar-refractivity contribution in [2.24, 2.45) is 17.6 Å². The van der Waals surface area contributed by atoms with Gasteiger partial charge >= 0.3 is 0 Å². The second-order valence-electron chi connectivity index (χ2n) is 7.07. The van der Waals surface area contributed by atoms with Crippen LogP contribution in [0.5, 0.6) is 0 Å². The molecule has 3 nitrogen and oxygen atoms in total. The lowest BCUT2D eigenvalue weighted by molar-refractivity contribution is -0.126. The summed E-state index contributed by atoms with van der Waals surface area (Å²) in [7, 11) is 0. The fourth-order valence-corrected chi connectivity index (χ4v) is 4.52. The van der Waals surface area contributed by atoms with Crippen molar-refractivity contribution in [3.8, 4) is 0 Å². The molecule has 2 aliphatic rings. The Bertz CT molecular complexity index is 284. The molecule has 1 aliphatic carbocycles. The predicted molar refractivity (Wildman–Crippen MR) is 80.2 cm³/mol. The highest BCUT2D eigenvalue weighted by atomic mass is 16.5. The molecular formula is C16H32N2O. The van der Waals surface area contributed by atoms with Crippen LogP contribution in [-0.2, 0) is 4.74 Å². The number of rotatable bonds is 3. The molecule has 2 unspecified atom stereocenters. The van der Waals surface area contributed by atoms with Gasteiger partial charge < -0.3 is 10.5 Å². The molecule has 2 rings (SSSR count). The third-order valence-electron chi connectivity index (χ3n) is 5.27. The first-order valence-electron chi connectivity index (χ1n) is 8.10. The van der Waals surface area contributed by atoms with Crippen molar-refractivity contribution in [1.29, 1.82) is 0 Å². The van der Waals surface area contributed by atoms with Gasteiger partial charge in [0.25, 0.3) is 0 Å². The largest absolute Gasteiger partial charge is 0.373 e. The van der Waals surface area contributed by atoms with E-state index in [4.69, 9.17) is 10.5 Å². The van der Waals surface area contributed by atoms with E-state index in [0.717, 1.165) is 31.5 Å². The molecule has 0 spiro atoms. The van der Waals surface area contributed by atoms with Gasteiger partial charge in [0.05, 0.1) is 12.2 Å². The Labute approximate surface area is 118 Å². The van der Waals surface area contributed by atoms with Crippen LogP contribution >= 0.6 is 0 Å². The van der Waals surface area contributed by atoms with Crippen molar-refractivity contribution in [1.82, 2.24) is 4.90 Å². The van der Waals surface area contributed by atoms with Crippen molar-refractivity contribution in [3.05, 3.63) is 0 Å². The monoisotopic (exact) mass is 268 g/mol. The first kappa shape index (κ1) is 15.3. The van der Waals surface area contributed by atoms with Crippen molar-refractivity contribution >= 4 is 0 Å². The lowest BCUT2D eigenvalue weighted by atomic mass is 9.66. The zero-order valence-corrected chi connectivity index (χ0v) is 13.2. The standard InChI is InChI=1S/C16H32N2O/c1-12(2)15-7-5-6-8-16(15,11-17)18-9-13(3)19-14(4)10-18/h12-15H,5-11,17H2,1-4H3/t13-,14+,15?,16?. The Morgan fingerprint density at radius 3 is 2.37 bits per heavy atom. The van der Waals surface area contributed by atoms with Gasteiger partial charge in [0.15, 0.2) is 0 Å². The molecule has 0 radical (unpaired) electrons. The van der Waals surface area contributed by atoms with Crippen LogP contribution in [-0.4, -0.2) is 42.3 Å². The van der Waals surface area contributed by atoms with Gasteiger partial charge in [-0.1, -0.05) is 26.7 Å². The van der Waals surface area contributed by atoms with E-state index in [1.807, 2.05) is 0 Å². The van der Waals surface area contributed by atoms with E-state index >= 15 is 0 Å². The molecule has 1 saturated heterocycles. The zero-order valence-electron chi connectivity index (χ0n) is 13.2. The molecule has 1 saturated carbocycles. The zero-order chi connectivity index (χ0) is 14.0. The van der Waals surface area contributed by atoms with Gasteiger partial charge in [-0.25, -0.2) is 0 Å². The van der Waals surface area contributed by atoms with E-state index in [1.54, 1.807) is 0 Å². The molecule has 0 amide bonds. The van der Waals surface area contributed by atoms with E-state index in [1.165, 1.54) is 25.7 Å². The van der Waals surface area contributed by atoms with Crippen LogP contribution < -0.4 is 5.73 Å². The molecule has 4 atom stereocenters. The third-order valence-corrected chi connectivity index (χ3v) is 5.27. The Hall–Kier alpha value is -0.120. The minimum absolute atomic E-state index is 0.221. The lowest BCUT2D eigenvalue weighted by Gasteiger charge is -2.55. The highest BCUT2D eigenvalue weighted by Gasteiger charge is 2.47. The summed E-state index contributed by atoms with van der Waals surface area (Å²) < 4.78 is 5.91. The molecule has 2 N–H and O–H groups in total. The van der Waals surface area contributed by atoms with Crippen LogP contribution in [0.4, 0.5) is 0 Å². The van der Waals surface area contributed by atoms with Crippen LogP contribution in [0.15, 0.2) is 0 Å².